The van der Waals surface area contributed by atoms with Gasteiger partial charge in [-0.05, 0) is 12.1 Å². The molecule has 0 radical (unpaired) electrons. The Bertz CT molecular complexity index is 730. The van der Waals surface area contributed by atoms with Crippen LogP contribution in [0.2, 0.25) is 0 Å². The average molecular weight is 271 g/mol. The summed E-state index contributed by atoms with van der Waals surface area (Å²) in [6.45, 7) is 0. The number of anilines is 4. The number of aromatic nitrogens is 1. The van der Waals surface area contributed by atoms with Crippen molar-refractivity contribution in [3.63, 3.8) is 0 Å². The summed E-state index contributed by atoms with van der Waals surface area (Å²) in [6, 6.07) is 8.87. The summed E-state index contributed by atoms with van der Waals surface area (Å²) in [7, 11) is 3.36. The molecule has 0 spiro atoms. The lowest BCUT2D eigenvalue weighted by Crippen LogP contribution is -2.18. The van der Waals surface area contributed by atoms with E-state index < -0.39 is 5.63 Å². The van der Waals surface area contributed by atoms with Crippen LogP contribution >= 0.6 is 0 Å². The van der Waals surface area contributed by atoms with E-state index in [0.29, 0.717) is 11.4 Å². The quantitative estimate of drug-likeness (QED) is 0.810. The van der Waals surface area contributed by atoms with Crippen molar-refractivity contribution in [3.05, 3.63) is 40.2 Å². The summed E-state index contributed by atoms with van der Waals surface area (Å²) in [6.07, 6.45) is 0. The molecule has 0 aliphatic carbocycles. The van der Waals surface area contributed by atoms with Gasteiger partial charge in [-0.15, -0.1) is 0 Å². The van der Waals surface area contributed by atoms with Crippen LogP contribution in [0.3, 0.4) is 0 Å². The van der Waals surface area contributed by atoms with Gasteiger partial charge >= 0.3 is 11.6 Å². The highest BCUT2D eigenvalue weighted by atomic mass is 16.4. The Labute approximate surface area is 115 Å². The molecule has 0 bridgehead atoms. The van der Waals surface area contributed by atoms with Gasteiger partial charge in [0.25, 0.3) is 0 Å². The van der Waals surface area contributed by atoms with Gasteiger partial charge in [-0.2, -0.15) is 10.2 Å². The van der Waals surface area contributed by atoms with Gasteiger partial charge in [0.05, 0.1) is 11.4 Å². The van der Waals surface area contributed by atoms with Gasteiger partial charge in [0.2, 0.25) is 0 Å². The molecule has 2 aromatic rings. The fourth-order valence-corrected chi connectivity index (χ4v) is 1.52. The number of para-hydroxylation sites is 2. The number of nitrogens with zero attached hydrogens (tertiary/aromatic N) is 3. The highest BCUT2D eigenvalue weighted by molar-refractivity contribution is 5.73. The SMILES string of the molecule is CN(C)c1nc(Nc2ccccc2N)c(C#N)c(=O)o1. The zero-order valence-electron chi connectivity index (χ0n) is 11.0. The molecule has 7 nitrogen and oxygen atoms in total. The van der Waals surface area contributed by atoms with Crippen LogP contribution in [-0.2, 0) is 0 Å². The highest BCUT2D eigenvalue weighted by Gasteiger charge is 2.15. The molecule has 1 aromatic carbocycles. The Balaban J connectivity index is 2.53. The summed E-state index contributed by atoms with van der Waals surface area (Å²) < 4.78 is 4.93. The summed E-state index contributed by atoms with van der Waals surface area (Å²) in [5.74, 6) is 0.116. The van der Waals surface area contributed by atoms with Crippen molar-refractivity contribution in [3.8, 4) is 6.07 Å². The maximum absolute atomic E-state index is 11.7. The molecule has 0 saturated heterocycles. The lowest BCUT2D eigenvalue weighted by molar-refractivity contribution is 0.492. The highest BCUT2D eigenvalue weighted by Crippen LogP contribution is 2.23. The van der Waals surface area contributed by atoms with Gasteiger partial charge < -0.3 is 20.4 Å². The van der Waals surface area contributed by atoms with Crippen molar-refractivity contribution in [1.82, 2.24) is 4.98 Å². The van der Waals surface area contributed by atoms with E-state index >= 15 is 0 Å². The Morgan fingerprint density at radius 1 is 1.40 bits per heavy atom. The molecule has 0 atom stereocenters. The van der Waals surface area contributed by atoms with Crippen LogP contribution in [0.25, 0.3) is 0 Å². The van der Waals surface area contributed by atoms with Gasteiger partial charge in [-0.25, -0.2) is 4.79 Å². The minimum absolute atomic E-state index is 0.103. The van der Waals surface area contributed by atoms with Crippen molar-refractivity contribution >= 4 is 23.2 Å². The predicted molar refractivity (Wildman–Crippen MR) is 76.0 cm³/mol. The summed E-state index contributed by atoms with van der Waals surface area (Å²) in [4.78, 5) is 17.4. The van der Waals surface area contributed by atoms with E-state index in [1.165, 1.54) is 4.90 Å². The number of hydrogen-bond donors (Lipinski definition) is 2. The first-order valence-electron chi connectivity index (χ1n) is 5.77. The van der Waals surface area contributed by atoms with Crippen LogP contribution in [0.15, 0.2) is 33.5 Å². The zero-order valence-corrected chi connectivity index (χ0v) is 11.0. The molecule has 7 heteroatoms. The molecule has 1 heterocycles. The Hall–Kier alpha value is -3.01. The third-order valence-corrected chi connectivity index (χ3v) is 2.54. The predicted octanol–water partition coefficient (Wildman–Crippen LogP) is 1.30. The second-order valence-electron chi connectivity index (χ2n) is 4.23. The van der Waals surface area contributed by atoms with E-state index in [9.17, 15) is 4.79 Å². The average Bonchev–Trinajstić information content (AvgIpc) is 2.41. The van der Waals surface area contributed by atoms with Crippen LogP contribution in [-0.4, -0.2) is 19.1 Å². The monoisotopic (exact) mass is 271 g/mol. The van der Waals surface area contributed by atoms with E-state index in [-0.39, 0.29) is 17.4 Å². The molecule has 0 saturated carbocycles. The molecule has 0 unspecified atom stereocenters. The van der Waals surface area contributed by atoms with Crippen LogP contribution in [0.5, 0.6) is 0 Å². The van der Waals surface area contributed by atoms with Gasteiger partial charge in [-0.1, -0.05) is 12.1 Å². The van der Waals surface area contributed by atoms with Crippen molar-refractivity contribution in [1.29, 1.82) is 5.26 Å². The maximum atomic E-state index is 11.7. The molecule has 20 heavy (non-hydrogen) atoms. The van der Waals surface area contributed by atoms with Crippen molar-refractivity contribution in [2.24, 2.45) is 0 Å². The maximum Gasteiger partial charge on any atom is 0.360 e. The Morgan fingerprint density at radius 3 is 2.70 bits per heavy atom. The second kappa shape index (κ2) is 5.32. The van der Waals surface area contributed by atoms with Gasteiger partial charge in [0.15, 0.2) is 11.4 Å². The minimum atomic E-state index is -0.747. The van der Waals surface area contributed by atoms with E-state index in [1.807, 2.05) is 0 Å². The van der Waals surface area contributed by atoms with Crippen LogP contribution in [0.4, 0.5) is 23.2 Å². The van der Waals surface area contributed by atoms with Crippen molar-refractivity contribution in [2.45, 2.75) is 0 Å². The molecule has 102 valence electrons. The Morgan fingerprint density at radius 2 is 2.10 bits per heavy atom. The number of nitriles is 1. The first kappa shape index (κ1) is 13.4. The molecule has 0 fully saturated rings. The Kier molecular flexibility index (Phi) is 3.57. The van der Waals surface area contributed by atoms with Gasteiger partial charge in [0.1, 0.15) is 6.07 Å². The number of nitrogen functional groups attached to an aromatic ring is 1. The van der Waals surface area contributed by atoms with Crippen molar-refractivity contribution < 1.29 is 4.42 Å². The number of nitrogens with one attached hydrogen (secondary N) is 1. The molecule has 2 rings (SSSR count). The van der Waals surface area contributed by atoms with E-state index in [1.54, 1.807) is 44.4 Å². The first-order valence-corrected chi connectivity index (χ1v) is 5.77. The minimum Gasteiger partial charge on any atom is -0.397 e. The molecule has 3 N–H and O–H groups in total. The number of nitrogens with two attached hydrogens (primary N) is 1. The standard InChI is InChI=1S/C13H13N5O2/c1-18(2)13-17-11(8(7-14)12(19)20-13)16-10-6-4-3-5-9(10)15/h3-6,16H,15H2,1-2H3. The van der Waals surface area contributed by atoms with Gasteiger partial charge in [0, 0.05) is 14.1 Å². The van der Waals surface area contributed by atoms with Gasteiger partial charge in [-0.3, -0.25) is 0 Å². The summed E-state index contributed by atoms with van der Waals surface area (Å²) in [5, 5.41) is 11.9. The number of hydrogen-bond acceptors (Lipinski definition) is 7. The number of benzene rings is 1. The topological polar surface area (TPSA) is 108 Å². The number of rotatable bonds is 3. The zero-order chi connectivity index (χ0) is 14.7. The molecular weight excluding hydrogens is 258 g/mol. The largest absolute Gasteiger partial charge is 0.397 e. The fourth-order valence-electron chi connectivity index (χ4n) is 1.52. The molecule has 0 amide bonds. The van der Waals surface area contributed by atoms with E-state index in [0.717, 1.165) is 0 Å². The molecular formula is C13H13N5O2. The third kappa shape index (κ3) is 2.54. The van der Waals surface area contributed by atoms with Crippen LogP contribution in [0, 0.1) is 11.3 Å². The van der Waals surface area contributed by atoms with E-state index in [4.69, 9.17) is 15.4 Å². The van der Waals surface area contributed by atoms with Crippen molar-refractivity contribution in [2.75, 3.05) is 30.0 Å². The van der Waals surface area contributed by atoms with Crippen LogP contribution in [0.1, 0.15) is 5.56 Å². The normalized spacial score (nSPS) is 9.85. The fraction of sp³-hybridized carbons (Fsp3) is 0.154. The smallest absolute Gasteiger partial charge is 0.360 e. The molecule has 1 aromatic heterocycles. The molecule has 0 aliphatic rings. The second-order valence-corrected chi connectivity index (χ2v) is 4.23. The van der Waals surface area contributed by atoms with E-state index in [2.05, 4.69) is 10.3 Å². The molecule has 0 aliphatic heterocycles. The van der Waals surface area contributed by atoms with Crippen LogP contribution < -0.4 is 21.6 Å². The first-order chi connectivity index (χ1) is 9.52. The third-order valence-electron chi connectivity index (χ3n) is 2.54. The lowest BCUT2D eigenvalue weighted by atomic mass is 10.2. The summed E-state index contributed by atoms with van der Waals surface area (Å²) >= 11 is 0. The lowest BCUT2D eigenvalue weighted by Gasteiger charge is -2.12. The summed E-state index contributed by atoms with van der Waals surface area (Å²) in [5.41, 5.74) is 5.91.